The highest BCUT2D eigenvalue weighted by Gasteiger charge is 2.34. The molecular weight excluding hydrogens is 166 g/mol. The SMILES string of the molecule is CN(C)C[C@@H]1COC(C)(C)CC1=O. The van der Waals surface area contributed by atoms with Gasteiger partial charge in [0.1, 0.15) is 5.78 Å². The highest BCUT2D eigenvalue weighted by atomic mass is 16.5. The molecule has 0 aliphatic carbocycles. The molecule has 1 heterocycles. The Balaban J connectivity index is 2.49. The Kier molecular flexibility index (Phi) is 3.09. The van der Waals surface area contributed by atoms with E-state index >= 15 is 0 Å². The molecular formula is C10H19NO2. The van der Waals surface area contributed by atoms with E-state index in [0.29, 0.717) is 18.8 Å². The van der Waals surface area contributed by atoms with Crippen LogP contribution in [0.5, 0.6) is 0 Å². The first-order chi connectivity index (χ1) is 5.91. The summed E-state index contributed by atoms with van der Waals surface area (Å²) >= 11 is 0. The third kappa shape index (κ3) is 3.08. The lowest BCUT2D eigenvalue weighted by Gasteiger charge is -2.34. The number of nitrogens with zero attached hydrogens (tertiary/aromatic N) is 1. The van der Waals surface area contributed by atoms with Gasteiger partial charge in [0.25, 0.3) is 0 Å². The van der Waals surface area contributed by atoms with Crippen LogP contribution in [-0.2, 0) is 9.53 Å². The summed E-state index contributed by atoms with van der Waals surface area (Å²) in [6, 6.07) is 0. The van der Waals surface area contributed by atoms with Crippen molar-refractivity contribution in [1.82, 2.24) is 4.90 Å². The average molecular weight is 185 g/mol. The molecule has 0 saturated carbocycles. The van der Waals surface area contributed by atoms with Crippen LogP contribution in [0.3, 0.4) is 0 Å². The van der Waals surface area contributed by atoms with Crippen LogP contribution in [0.2, 0.25) is 0 Å². The molecule has 13 heavy (non-hydrogen) atoms. The maximum atomic E-state index is 11.6. The van der Waals surface area contributed by atoms with Gasteiger partial charge in [0.15, 0.2) is 0 Å². The number of ether oxygens (including phenoxy) is 1. The topological polar surface area (TPSA) is 29.5 Å². The Morgan fingerprint density at radius 1 is 1.54 bits per heavy atom. The van der Waals surface area contributed by atoms with Crippen molar-refractivity contribution in [2.24, 2.45) is 5.92 Å². The molecule has 0 aromatic rings. The lowest BCUT2D eigenvalue weighted by atomic mass is 9.90. The van der Waals surface area contributed by atoms with Gasteiger partial charge in [0, 0.05) is 13.0 Å². The summed E-state index contributed by atoms with van der Waals surface area (Å²) in [7, 11) is 3.96. The first kappa shape index (κ1) is 10.7. The quantitative estimate of drug-likeness (QED) is 0.641. The first-order valence-corrected chi connectivity index (χ1v) is 4.72. The molecule has 0 bridgehead atoms. The minimum absolute atomic E-state index is 0.0722. The molecule has 3 nitrogen and oxygen atoms in total. The van der Waals surface area contributed by atoms with E-state index in [4.69, 9.17) is 4.74 Å². The number of Topliss-reactive ketones (excluding diaryl/α,β-unsaturated/α-hetero) is 1. The monoisotopic (exact) mass is 185 g/mol. The molecule has 0 radical (unpaired) electrons. The fourth-order valence-electron chi connectivity index (χ4n) is 1.63. The van der Waals surface area contributed by atoms with Crippen LogP contribution < -0.4 is 0 Å². The van der Waals surface area contributed by atoms with Gasteiger partial charge in [-0.1, -0.05) is 0 Å². The summed E-state index contributed by atoms with van der Waals surface area (Å²) in [5.41, 5.74) is -0.250. The molecule has 1 atom stereocenters. The Morgan fingerprint density at radius 3 is 2.62 bits per heavy atom. The predicted molar refractivity (Wildman–Crippen MR) is 51.7 cm³/mol. The van der Waals surface area contributed by atoms with Gasteiger partial charge in [-0.15, -0.1) is 0 Å². The Labute approximate surface area is 80.1 Å². The van der Waals surface area contributed by atoms with E-state index in [2.05, 4.69) is 0 Å². The van der Waals surface area contributed by atoms with Crippen molar-refractivity contribution in [2.75, 3.05) is 27.2 Å². The zero-order valence-electron chi connectivity index (χ0n) is 8.96. The highest BCUT2D eigenvalue weighted by Crippen LogP contribution is 2.24. The summed E-state index contributed by atoms with van der Waals surface area (Å²) < 4.78 is 5.60. The fraction of sp³-hybridized carbons (Fsp3) is 0.900. The lowest BCUT2D eigenvalue weighted by Crippen LogP contribution is -2.43. The van der Waals surface area contributed by atoms with Gasteiger partial charge in [-0.25, -0.2) is 0 Å². The molecule has 3 heteroatoms. The lowest BCUT2D eigenvalue weighted by molar-refractivity contribution is -0.145. The van der Waals surface area contributed by atoms with Crippen molar-refractivity contribution < 1.29 is 9.53 Å². The van der Waals surface area contributed by atoms with Gasteiger partial charge in [-0.2, -0.15) is 0 Å². The summed E-state index contributed by atoms with van der Waals surface area (Å²) in [6.07, 6.45) is 0.547. The van der Waals surface area contributed by atoms with E-state index in [1.54, 1.807) is 0 Å². The largest absolute Gasteiger partial charge is 0.374 e. The molecule has 76 valence electrons. The summed E-state index contributed by atoms with van der Waals surface area (Å²) in [5.74, 6) is 0.410. The van der Waals surface area contributed by atoms with E-state index < -0.39 is 0 Å². The number of carbonyl (C=O) groups excluding carboxylic acids is 1. The number of carbonyl (C=O) groups is 1. The molecule has 0 amide bonds. The minimum Gasteiger partial charge on any atom is -0.374 e. The van der Waals surface area contributed by atoms with Gasteiger partial charge in [-0.05, 0) is 27.9 Å². The zero-order chi connectivity index (χ0) is 10.1. The van der Waals surface area contributed by atoms with Crippen LogP contribution in [0.1, 0.15) is 20.3 Å². The van der Waals surface area contributed by atoms with Gasteiger partial charge >= 0.3 is 0 Å². The van der Waals surface area contributed by atoms with Crippen LogP contribution >= 0.6 is 0 Å². The predicted octanol–water partition coefficient (Wildman–Crippen LogP) is 0.932. The van der Waals surface area contributed by atoms with Crippen molar-refractivity contribution >= 4 is 5.78 Å². The molecule has 1 fully saturated rings. The molecule has 1 aliphatic rings. The van der Waals surface area contributed by atoms with E-state index in [1.165, 1.54) is 0 Å². The normalized spacial score (nSPS) is 28.1. The Morgan fingerprint density at radius 2 is 2.15 bits per heavy atom. The molecule has 1 saturated heterocycles. The maximum Gasteiger partial charge on any atom is 0.142 e. The number of ketones is 1. The summed E-state index contributed by atoms with van der Waals surface area (Å²) in [5, 5.41) is 0. The zero-order valence-corrected chi connectivity index (χ0v) is 8.96. The first-order valence-electron chi connectivity index (χ1n) is 4.72. The molecule has 0 aromatic carbocycles. The Hall–Kier alpha value is -0.410. The molecule has 1 aliphatic heterocycles. The van der Waals surface area contributed by atoms with Crippen molar-refractivity contribution in [3.8, 4) is 0 Å². The average Bonchev–Trinajstić information content (AvgIpc) is 1.93. The molecule has 0 spiro atoms. The fourth-order valence-corrected chi connectivity index (χ4v) is 1.63. The minimum atomic E-state index is -0.250. The van der Waals surface area contributed by atoms with Crippen LogP contribution in [0.25, 0.3) is 0 Å². The van der Waals surface area contributed by atoms with Gasteiger partial charge in [0.05, 0.1) is 18.1 Å². The number of hydrogen-bond acceptors (Lipinski definition) is 3. The third-order valence-electron chi connectivity index (χ3n) is 2.32. The van der Waals surface area contributed by atoms with E-state index in [9.17, 15) is 4.79 Å². The summed E-state index contributed by atoms with van der Waals surface area (Å²) in [4.78, 5) is 13.7. The van der Waals surface area contributed by atoms with Crippen LogP contribution in [-0.4, -0.2) is 43.5 Å². The smallest absolute Gasteiger partial charge is 0.142 e. The molecule has 0 N–H and O–H groups in total. The molecule has 0 unspecified atom stereocenters. The second-order valence-electron chi connectivity index (χ2n) is 4.67. The van der Waals surface area contributed by atoms with Crippen molar-refractivity contribution in [3.05, 3.63) is 0 Å². The molecule has 1 rings (SSSR count). The second-order valence-corrected chi connectivity index (χ2v) is 4.67. The number of rotatable bonds is 2. The van der Waals surface area contributed by atoms with Crippen LogP contribution in [0, 0.1) is 5.92 Å². The van der Waals surface area contributed by atoms with Crippen LogP contribution in [0.15, 0.2) is 0 Å². The second kappa shape index (κ2) is 3.76. The third-order valence-corrected chi connectivity index (χ3v) is 2.32. The van der Waals surface area contributed by atoms with E-state index in [1.807, 2.05) is 32.8 Å². The van der Waals surface area contributed by atoms with Gasteiger partial charge in [0.2, 0.25) is 0 Å². The Bertz CT molecular complexity index is 199. The number of hydrogen-bond donors (Lipinski definition) is 0. The van der Waals surface area contributed by atoms with Crippen molar-refractivity contribution in [1.29, 1.82) is 0 Å². The van der Waals surface area contributed by atoms with Crippen LogP contribution in [0.4, 0.5) is 0 Å². The maximum absolute atomic E-state index is 11.6. The van der Waals surface area contributed by atoms with Gasteiger partial charge < -0.3 is 9.64 Å². The van der Waals surface area contributed by atoms with E-state index in [-0.39, 0.29) is 11.5 Å². The highest BCUT2D eigenvalue weighted by molar-refractivity contribution is 5.82. The van der Waals surface area contributed by atoms with Crippen molar-refractivity contribution in [2.45, 2.75) is 25.9 Å². The van der Waals surface area contributed by atoms with Crippen molar-refractivity contribution in [3.63, 3.8) is 0 Å². The summed E-state index contributed by atoms with van der Waals surface area (Å²) in [6.45, 7) is 5.31. The van der Waals surface area contributed by atoms with Gasteiger partial charge in [-0.3, -0.25) is 4.79 Å². The van der Waals surface area contributed by atoms with E-state index in [0.717, 1.165) is 6.54 Å². The molecule has 0 aromatic heterocycles. The standard InChI is InChI=1S/C10H19NO2/c1-10(2)5-9(12)8(7-13-10)6-11(3)4/h8H,5-7H2,1-4H3/t8-/m1/s1.